The van der Waals surface area contributed by atoms with Crippen molar-refractivity contribution in [2.24, 2.45) is 0 Å². The van der Waals surface area contributed by atoms with Gasteiger partial charge in [-0.2, -0.15) is 0 Å². The summed E-state index contributed by atoms with van der Waals surface area (Å²) in [5, 5.41) is 3.49. The van der Waals surface area contributed by atoms with Crippen LogP contribution >= 0.6 is 0 Å². The summed E-state index contributed by atoms with van der Waals surface area (Å²) in [4.78, 5) is 18.7. The van der Waals surface area contributed by atoms with E-state index in [1.807, 2.05) is 30.9 Å². The molecule has 3 heterocycles. The van der Waals surface area contributed by atoms with Crippen molar-refractivity contribution in [3.05, 3.63) is 41.5 Å². The van der Waals surface area contributed by atoms with Crippen LogP contribution in [0.25, 0.3) is 0 Å². The summed E-state index contributed by atoms with van der Waals surface area (Å²) in [6, 6.07) is 5.92. The molecule has 3 N–H and O–H groups in total. The Hall–Kier alpha value is -2.50. The molecule has 1 saturated heterocycles. The fraction of sp³-hybridized carbons (Fsp3) is 0.474. The second-order valence-corrected chi connectivity index (χ2v) is 6.61. The van der Waals surface area contributed by atoms with Gasteiger partial charge in [0.25, 0.3) is 5.91 Å². The molecule has 1 aliphatic rings. The van der Waals surface area contributed by atoms with Crippen LogP contribution in [0.3, 0.4) is 0 Å². The van der Waals surface area contributed by atoms with Gasteiger partial charge in [0.15, 0.2) is 5.76 Å². The molecular formula is C19H26N4O2. The summed E-state index contributed by atoms with van der Waals surface area (Å²) in [6.07, 6.45) is 5.44. The summed E-state index contributed by atoms with van der Waals surface area (Å²) in [5.74, 6) is 1.87. The van der Waals surface area contributed by atoms with Crippen LogP contribution in [0, 0.1) is 6.92 Å². The van der Waals surface area contributed by atoms with Crippen molar-refractivity contribution in [1.82, 2.24) is 9.88 Å². The monoisotopic (exact) mass is 342 g/mol. The van der Waals surface area contributed by atoms with Crippen LogP contribution in [-0.4, -0.2) is 34.9 Å². The predicted molar refractivity (Wildman–Crippen MR) is 98.6 cm³/mol. The number of rotatable bonds is 4. The van der Waals surface area contributed by atoms with Crippen molar-refractivity contribution < 1.29 is 9.21 Å². The molecule has 1 unspecified atom stereocenters. The maximum Gasteiger partial charge on any atom is 0.289 e. The van der Waals surface area contributed by atoms with Crippen LogP contribution in [0.5, 0.6) is 0 Å². The Balaban J connectivity index is 1.60. The standard InChI is InChI=1S/C19H26N4O2/c1-3-16-13(2)11-17(25-16)19(24)23-9-4-5-14(8-10-23)22-15-6-7-18(20)21-12-15/h6-7,11-12,14,22H,3-5,8-10H2,1-2H3,(H2,20,21). The van der Waals surface area contributed by atoms with Crippen molar-refractivity contribution in [3.63, 3.8) is 0 Å². The molecule has 0 bridgehead atoms. The quantitative estimate of drug-likeness (QED) is 0.891. The lowest BCUT2D eigenvalue weighted by atomic mass is 10.1. The van der Waals surface area contributed by atoms with Gasteiger partial charge in [0, 0.05) is 25.6 Å². The Morgan fingerprint density at radius 3 is 2.92 bits per heavy atom. The van der Waals surface area contributed by atoms with E-state index in [2.05, 4.69) is 10.3 Å². The number of nitrogens with one attached hydrogen (secondary N) is 1. The zero-order chi connectivity index (χ0) is 17.8. The average Bonchev–Trinajstić information content (AvgIpc) is 2.84. The number of carbonyl (C=O) groups excluding carboxylic acids is 1. The number of nitrogens with two attached hydrogens (primary N) is 1. The van der Waals surface area contributed by atoms with Crippen molar-refractivity contribution in [2.45, 2.75) is 45.6 Å². The van der Waals surface area contributed by atoms with E-state index in [1.165, 1.54) is 0 Å². The number of amides is 1. The van der Waals surface area contributed by atoms with Crippen molar-refractivity contribution in [2.75, 3.05) is 24.1 Å². The van der Waals surface area contributed by atoms with E-state index >= 15 is 0 Å². The maximum absolute atomic E-state index is 12.7. The number of likely N-dealkylation sites (tertiary alicyclic amines) is 1. The topological polar surface area (TPSA) is 84.4 Å². The Morgan fingerprint density at radius 2 is 2.24 bits per heavy atom. The number of carbonyl (C=O) groups is 1. The van der Waals surface area contributed by atoms with Gasteiger partial charge in [-0.25, -0.2) is 4.98 Å². The zero-order valence-corrected chi connectivity index (χ0v) is 14.9. The second kappa shape index (κ2) is 7.59. The molecule has 6 heteroatoms. The lowest BCUT2D eigenvalue weighted by Crippen LogP contribution is -2.32. The molecule has 25 heavy (non-hydrogen) atoms. The van der Waals surface area contributed by atoms with E-state index in [9.17, 15) is 4.79 Å². The third kappa shape index (κ3) is 4.13. The summed E-state index contributed by atoms with van der Waals surface area (Å²) in [7, 11) is 0. The largest absolute Gasteiger partial charge is 0.456 e. The average molecular weight is 342 g/mol. The van der Waals surface area contributed by atoms with E-state index in [0.29, 0.717) is 17.6 Å². The Kier molecular flexibility index (Phi) is 5.26. The fourth-order valence-corrected chi connectivity index (χ4v) is 3.30. The van der Waals surface area contributed by atoms with Crippen LogP contribution in [-0.2, 0) is 6.42 Å². The zero-order valence-electron chi connectivity index (χ0n) is 14.9. The van der Waals surface area contributed by atoms with Crippen LogP contribution < -0.4 is 11.1 Å². The molecule has 0 aromatic carbocycles. The first-order valence-electron chi connectivity index (χ1n) is 8.93. The molecule has 2 aromatic rings. The van der Waals surface area contributed by atoms with Gasteiger partial charge in [-0.05, 0) is 49.9 Å². The van der Waals surface area contributed by atoms with Crippen molar-refractivity contribution in [1.29, 1.82) is 0 Å². The van der Waals surface area contributed by atoms with Gasteiger partial charge in [0.05, 0.1) is 11.9 Å². The number of pyridine rings is 1. The van der Waals surface area contributed by atoms with Crippen LogP contribution in [0.2, 0.25) is 0 Å². The first-order chi connectivity index (χ1) is 12.1. The lowest BCUT2D eigenvalue weighted by molar-refractivity contribution is 0.0727. The Labute approximate surface area is 148 Å². The normalized spacial score (nSPS) is 18.0. The number of aromatic nitrogens is 1. The van der Waals surface area contributed by atoms with Gasteiger partial charge in [0.1, 0.15) is 11.6 Å². The Morgan fingerprint density at radius 1 is 1.40 bits per heavy atom. The first kappa shape index (κ1) is 17.3. The van der Waals surface area contributed by atoms with Gasteiger partial charge in [-0.1, -0.05) is 6.92 Å². The SMILES string of the molecule is CCc1oc(C(=O)N2CCCC(Nc3ccc(N)nc3)CC2)cc1C. The number of anilines is 2. The predicted octanol–water partition coefficient (Wildman–Crippen LogP) is 3.23. The molecule has 1 atom stereocenters. The number of aryl methyl sites for hydroxylation is 2. The smallest absolute Gasteiger partial charge is 0.289 e. The van der Waals surface area contributed by atoms with E-state index < -0.39 is 0 Å². The van der Waals surface area contributed by atoms with Crippen molar-refractivity contribution in [3.8, 4) is 0 Å². The molecule has 1 fully saturated rings. The van der Waals surface area contributed by atoms with E-state index in [-0.39, 0.29) is 5.91 Å². The number of furan rings is 1. The van der Waals surface area contributed by atoms with Gasteiger partial charge in [-0.3, -0.25) is 4.79 Å². The number of nitrogens with zero attached hydrogens (tertiary/aromatic N) is 2. The van der Waals surface area contributed by atoms with Crippen LogP contribution in [0.1, 0.15) is 48.1 Å². The Bertz CT molecular complexity index is 724. The number of hydrogen-bond acceptors (Lipinski definition) is 5. The highest BCUT2D eigenvalue weighted by atomic mass is 16.4. The summed E-state index contributed by atoms with van der Waals surface area (Å²) in [5.41, 5.74) is 7.64. The van der Waals surface area contributed by atoms with Crippen LogP contribution in [0.15, 0.2) is 28.8 Å². The van der Waals surface area contributed by atoms with E-state index in [0.717, 1.165) is 55.8 Å². The van der Waals surface area contributed by atoms with E-state index in [1.54, 1.807) is 12.3 Å². The minimum absolute atomic E-state index is 0.00222. The third-order valence-electron chi connectivity index (χ3n) is 4.72. The molecule has 1 aliphatic heterocycles. The van der Waals surface area contributed by atoms with Crippen molar-refractivity contribution >= 4 is 17.4 Å². The second-order valence-electron chi connectivity index (χ2n) is 6.61. The highest BCUT2D eigenvalue weighted by molar-refractivity contribution is 5.91. The first-order valence-corrected chi connectivity index (χ1v) is 8.93. The molecule has 0 spiro atoms. The van der Waals surface area contributed by atoms with Gasteiger partial charge in [0.2, 0.25) is 0 Å². The summed E-state index contributed by atoms with van der Waals surface area (Å²) >= 11 is 0. The fourth-order valence-electron chi connectivity index (χ4n) is 3.30. The van der Waals surface area contributed by atoms with Gasteiger partial charge >= 0.3 is 0 Å². The molecule has 3 rings (SSSR count). The number of nitrogen functional groups attached to an aromatic ring is 1. The highest BCUT2D eigenvalue weighted by Gasteiger charge is 2.24. The molecular weight excluding hydrogens is 316 g/mol. The molecule has 0 aliphatic carbocycles. The van der Waals surface area contributed by atoms with E-state index in [4.69, 9.17) is 10.2 Å². The maximum atomic E-state index is 12.7. The molecule has 0 saturated carbocycles. The molecule has 134 valence electrons. The third-order valence-corrected chi connectivity index (χ3v) is 4.72. The lowest BCUT2D eigenvalue weighted by Gasteiger charge is -2.20. The number of hydrogen-bond donors (Lipinski definition) is 2. The summed E-state index contributed by atoms with van der Waals surface area (Å²) in [6.45, 7) is 5.51. The molecule has 1 amide bonds. The minimum atomic E-state index is -0.00222. The van der Waals surface area contributed by atoms with Crippen LogP contribution in [0.4, 0.5) is 11.5 Å². The minimum Gasteiger partial charge on any atom is -0.456 e. The molecule has 0 radical (unpaired) electrons. The summed E-state index contributed by atoms with van der Waals surface area (Å²) < 4.78 is 5.73. The highest BCUT2D eigenvalue weighted by Crippen LogP contribution is 2.21. The molecule has 6 nitrogen and oxygen atoms in total. The molecule has 2 aromatic heterocycles. The van der Waals surface area contributed by atoms with Gasteiger partial charge in [-0.15, -0.1) is 0 Å². The van der Waals surface area contributed by atoms with Gasteiger partial charge < -0.3 is 20.4 Å².